The fraction of sp³-hybridized carbons (Fsp3) is 0.350. The van der Waals surface area contributed by atoms with Crippen molar-refractivity contribution in [1.82, 2.24) is 9.80 Å². The smallest absolute Gasteiger partial charge is 0.311 e. The Kier molecular flexibility index (Phi) is 5.30. The van der Waals surface area contributed by atoms with Crippen molar-refractivity contribution in [3.8, 4) is 0 Å². The fourth-order valence-corrected chi connectivity index (χ4v) is 3.20. The molecule has 0 atom stereocenters. The highest BCUT2D eigenvalue weighted by Gasteiger charge is 2.29. The molecule has 7 heteroatoms. The molecule has 1 saturated heterocycles. The number of carbonyl (C=O) groups is 3. The average Bonchev–Trinajstić information content (AvgIpc) is 3.01. The Hall–Kier alpha value is -3.09. The molecule has 142 valence electrons. The summed E-state index contributed by atoms with van der Waals surface area (Å²) in [5.74, 6) is -1.18. The molecule has 0 bridgehead atoms. The Balaban J connectivity index is 1.66. The molecule has 2 amide bonds. The van der Waals surface area contributed by atoms with Gasteiger partial charge in [-0.25, -0.2) is 0 Å². The zero-order chi connectivity index (χ0) is 19.6. The highest BCUT2D eigenvalue weighted by atomic mass is 16.4. The molecular weight excluding hydrogens is 348 g/mol. The van der Waals surface area contributed by atoms with Crippen LogP contribution in [0.1, 0.15) is 37.6 Å². The van der Waals surface area contributed by atoms with E-state index in [-0.39, 0.29) is 24.0 Å². The van der Waals surface area contributed by atoms with E-state index < -0.39 is 5.97 Å². The lowest BCUT2D eigenvalue weighted by Gasteiger charge is -2.35. The third-order valence-corrected chi connectivity index (χ3v) is 4.73. The minimum atomic E-state index is -1.05. The molecule has 27 heavy (non-hydrogen) atoms. The summed E-state index contributed by atoms with van der Waals surface area (Å²) < 4.78 is 5.25. The standard InChI is InChI=1S/C20H22N2O5/c1-13-3-5-15(6-4-13)19(25)21-7-9-22(10-8-21)20(26)18-14(2)12-27-16(18)11-17(23)24/h3-6,12H,7-11H2,1-2H3,(H,23,24). The Morgan fingerprint density at radius 3 is 2.07 bits per heavy atom. The first-order chi connectivity index (χ1) is 12.9. The summed E-state index contributed by atoms with van der Waals surface area (Å²) in [5.41, 5.74) is 2.66. The molecule has 0 spiro atoms. The van der Waals surface area contributed by atoms with Crippen LogP contribution in [-0.4, -0.2) is 58.9 Å². The van der Waals surface area contributed by atoms with Gasteiger partial charge < -0.3 is 19.3 Å². The fourth-order valence-electron chi connectivity index (χ4n) is 3.20. The van der Waals surface area contributed by atoms with Gasteiger partial charge in [0.15, 0.2) is 0 Å². The van der Waals surface area contributed by atoms with Gasteiger partial charge in [0.05, 0.1) is 11.8 Å². The van der Waals surface area contributed by atoms with Gasteiger partial charge in [-0.3, -0.25) is 14.4 Å². The van der Waals surface area contributed by atoms with Crippen LogP contribution < -0.4 is 0 Å². The van der Waals surface area contributed by atoms with Crippen molar-refractivity contribution in [1.29, 1.82) is 0 Å². The van der Waals surface area contributed by atoms with Gasteiger partial charge >= 0.3 is 5.97 Å². The van der Waals surface area contributed by atoms with E-state index >= 15 is 0 Å². The van der Waals surface area contributed by atoms with Crippen molar-refractivity contribution in [2.45, 2.75) is 20.3 Å². The van der Waals surface area contributed by atoms with Crippen LogP contribution in [0.3, 0.4) is 0 Å². The summed E-state index contributed by atoms with van der Waals surface area (Å²) >= 11 is 0. The predicted octanol–water partition coefficient (Wildman–Crippen LogP) is 2.12. The number of aliphatic carboxylic acids is 1. The summed E-state index contributed by atoms with van der Waals surface area (Å²) in [4.78, 5) is 39.8. The van der Waals surface area contributed by atoms with E-state index in [2.05, 4.69) is 0 Å². The number of hydrogen-bond donors (Lipinski definition) is 1. The summed E-state index contributed by atoms with van der Waals surface area (Å²) in [6.07, 6.45) is 1.07. The van der Waals surface area contributed by atoms with Crippen molar-refractivity contribution in [2.75, 3.05) is 26.2 Å². The molecule has 1 N–H and O–H groups in total. The van der Waals surface area contributed by atoms with Gasteiger partial charge in [-0.15, -0.1) is 0 Å². The zero-order valence-electron chi connectivity index (χ0n) is 15.4. The highest BCUT2D eigenvalue weighted by Crippen LogP contribution is 2.21. The van der Waals surface area contributed by atoms with Crippen LogP contribution in [-0.2, 0) is 11.2 Å². The zero-order valence-corrected chi connectivity index (χ0v) is 15.4. The molecule has 1 aliphatic rings. The lowest BCUT2D eigenvalue weighted by atomic mass is 10.1. The Morgan fingerprint density at radius 2 is 1.52 bits per heavy atom. The lowest BCUT2D eigenvalue weighted by molar-refractivity contribution is -0.136. The van der Waals surface area contributed by atoms with E-state index in [1.165, 1.54) is 6.26 Å². The predicted molar refractivity (Wildman–Crippen MR) is 97.8 cm³/mol. The second-order valence-corrected chi connectivity index (χ2v) is 6.74. The van der Waals surface area contributed by atoms with E-state index in [1.54, 1.807) is 16.7 Å². The van der Waals surface area contributed by atoms with Gasteiger partial charge in [-0.2, -0.15) is 0 Å². The molecule has 2 heterocycles. The van der Waals surface area contributed by atoms with Gasteiger partial charge in [-0.05, 0) is 26.0 Å². The Bertz CT molecular complexity index is 861. The molecule has 1 aromatic heterocycles. The Morgan fingerprint density at radius 1 is 0.963 bits per heavy atom. The molecule has 1 fully saturated rings. The third-order valence-electron chi connectivity index (χ3n) is 4.73. The Labute approximate surface area is 157 Å². The van der Waals surface area contributed by atoms with Crippen molar-refractivity contribution < 1.29 is 23.9 Å². The first-order valence-electron chi connectivity index (χ1n) is 8.81. The highest BCUT2D eigenvalue weighted by molar-refractivity contribution is 5.98. The maximum Gasteiger partial charge on any atom is 0.311 e. The summed E-state index contributed by atoms with van der Waals surface area (Å²) in [5, 5.41) is 8.98. The number of benzene rings is 1. The molecule has 1 aromatic carbocycles. The van der Waals surface area contributed by atoms with Crippen LogP contribution >= 0.6 is 0 Å². The number of piperazine rings is 1. The number of furan rings is 1. The van der Waals surface area contributed by atoms with Crippen molar-refractivity contribution in [3.05, 3.63) is 58.5 Å². The van der Waals surface area contributed by atoms with E-state index in [1.807, 2.05) is 31.2 Å². The van der Waals surface area contributed by atoms with E-state index in [0.29, 0.717) is 42.9 Å². The van der Waals surface area contributed by atoms with E-state index in [9.17, 15) is 14.4 Å². The largest absolute Gasteiger partial charge is 0.481 e. The van der Waals surface area contributed by atoms with Crippen molar-refractivity contribution in [2.24, 2.45) is 0 Å². The number of hydrogen-bond acceptors (Lipinski definition) is 4. The topological polar surface area (TPSA) is 91.1 Å². The molecule has 0 saturated carbocycles. The van der Waals surface area contributed by atoms with Crippen LogP contribution in [0, 0.1) is 13.8 Å². The molecule has 3 rings (SSSR count). The molecule has 1 aliphatic heterocycles. The maximum atomic E-state index is 12.8. The summed E-state index contributed by atoms with van der Waals surface area (Å²) in [6.45, 7) is 5.35. The first kappa shape index (κ1) is 18.7. The quantitative estimate of drug-likeness (QED) is 0.890. The number of rotatable bonds is 4. The number of carboxylic acid groups (broad SMARTS) is 1. The average molecular weight is 370 g/mol. The van der Waals surface area contributed by atoms with Crippen LogP contribution in [0.25, 0.3) is 0 Å². The maximum absolute atomic E-state index is 12.8. The number of nitrogens with zero attached hydrogens (tertiary/aromatic N) is 2. The van der Waals surface area contributed by atoms with Crippen LogP contribution in [0.5, 0.6) is 0 Å². The van der Waals surface area contributed by atoms with Gasteiger partial charge in [0.1, 0.15) is 12.2 Å². The normalized spacial score (nSPS) is 14.3. The van der Waals surface area contributed by atoms with Crippen LogP contribution in [0.4, 0.5) is 0 Å². The number of carboxylic acids is 1. The van der Waals surface area contributed by atoms with Gasteiger partial charge in [0.2, 0.25) is 0 Å². The number of carbonyl (C=O) groups excluding carboxylic acids is 2. The van der Waals surface area contributed by atoms with Gasteiger partial charge in [-0.1, -0.05) is 17.7 Å². The minimum Gasteiger partial charge on any atom is -0.481 e. The van der Waals surface area contributed by atoms with Crippen molar-refractivity contribution >= 4 is 17.8 Å². The van der Waals surface area contributed by atoms with Gasteiger partial charge in [0.25, 0.3) is 11.8 Å². The second kappa shape index (κ2) is 7.65. The van der Waals surface area contributed by atoms with Gasteiger partial charge in [0, 0.05) is 37.3 Å². The number of aryl methyl sites for hydroxylation is 2. The summed E-state index contributed by atoms with van der Waals surface area (Å²) in [7, 11) is 0. The first-order valence-corrected chi connectivity index (χ1v) is 8.81. The molecule has 0 aliphatic carbocycles. The van der Waals surface area contributed by atoms with Crippen molar-refractivity contribution in [3.63, 3.8) is 0 Å². The van der Waals surface area contributed by atoms with Crippen LogP contribution in [0.15, 0.2) is 34.9 Å². The third kappa shape index (κ3) is 4.02. The second-order valence-electron chi connectivity index (χ2n) is 6.74. The SMILES string of the molecule is Cc1ccc(C(=O)N2CCN(C(=O)c3c(C)coc3CC(=O)O)CC2)cc1. The molecule has 2 aromatic rings. The summed E-state index contributed by atoms with van der Waals surface area (Å²) in [6, 6.07) is 7.42. The number of amides is 2. The molecule has 7 nitrogen and oxygen atoms in total. The molecule has 0 unspecified atom stereocenters. The van der Waals surface area contributed by atoms with E-state index in [0.717, 1.165) is 5.56 Å². The molecule has 0 radical (unpaired) electrons. The van der Waals surface area contributed by atoms with E-state index in [4.69, 9.17) is 9.52 Å². The van der Waals surface area contributed by atoms with Crippen LogP contribution in [0.2, 0.25) is 0 Å². The monoisotopic (exact) mass is 370 g/mol. The minimum absolute atomic E-state index is 0.0480. The lowest BCUT2D eigenvalue weighted by Crippen LogP contribution is -2.50. The molecular formula is C20H22N2O5.